The molecule has 1 aliphatic heterocycles. The van der Waals surface area contributed by atoms with Crippen LogP contribution in [0.2, 0.25) is 0 Å². The first-order valence-electron chi connectivity index (χ1n) is 12.0. The van der Waals surface area contributed by atoms with E-state index in [-0.39, 0.29) is 13.2 Å². The van der Waals surface area contributed by atoms with Gasteiger partial charge in [-0.15, -0.1) is 0 Å². The quantitative estimate of drug-likeness (QED) is 0.598. The van der Waals surface area contributed by atoms with Crippen molar-refractivity contribution in [2.75, 3.05) is 6.54 Å². The second-order valence-electron chi connectivity index (χ2n) is 11.0. The van der Waals surface area contributed by atoms with Gasteiger partial charge in [0.2, 0.25) is 5.91 Å². The lowest BCUT2D eigenvalue weighted by molar-refractivity contribution is -0.163. The van der Waals surface area contributed by atoms with Crippen LogP contribution >= 0.6 is 0 Å². The zero-order valence-corrected chi connectivity index (χ0v) is 21.8. The van der Waals surface area contributed by atoms with Crippen molar-refractivity contribution in [2.45, 2.75) is 71.5 Å². The Morgan fingerprint density at radius 2 is 1.42 bits per heavy atom. The molecule has 0 bridgehead atoms. The van der Waals surface area contributed by atoms with Crippen molar-refractivity contribution in [3.05, 3.63) is 60.2 Å². The molecule has 2 aromatic carbocycles. The van der Waals surface area contributed by atoms with E-state index in [4.69, 9.17) is 19.9 Å². The third-order valence-electron chi connectivity index (χ3n) is 5.58. The SMILES string of the molecule is CC(C)(C)OC(=O)[C@@H]1[C@@H](C(N)=O)[C@H](OCc2ccc(-c3ccccc3)cc2)CN1C(=O)OC(C)(C)C. The van der Waals surface area contributed by atoms with Crippen molar-refractivity contribution in [1.29, 1.82) is 0 Å². The molecule has 3 atom stereocenters. The zero-order chi connectivity index (χ0) is 26.7. The molecule has 36 heavy (non-hydrogen) atoms. The van der Waals surface area contributed by atoms with E-state index in [1.807, 2.05) is 54.6 Å². The van der Waals surface area contributed by atoms with Gasteiger partial charge in [-0.1, -0.05) is 54.6 Å². The molecule has 1 saturated heterocycles. The van der Waals surface area contributed by atoms with Crippen LogP contribution < -0.4 is 5.73 Å². The lowest BCUT2D eigenvalue weighted by Gasteiger charge is -2.30. The van der Waals surface area contributed by atoms with E-state index in [0.717, 1.165) is 16.7 Å². The van der Waals surface area contributed by atoms with Crippen LogP contribution in [0.1, 0.15) is 47.1 Å². The van der Waals surface area contributed by atoms with Crippen LogP contribution in [0, 0.1) is 5.92 Å². The van der Waals surface area contributed by atoms with E-state index in [0.29, 0.717) is 0 Å². The average molecular weight is 497 g/mol. The Balaban J connectivity index is 1.80. The lowest BCUT2D eigenvalue weighted by atomic mass is 9.97. The number of nitrogens with zero attached hydrogens (tertiary/aromatic N) is 1. The van der Waals surface area contributed by atoms with Gasteiger partial charge in [0, 0.05) is 0 Å². The minimum atomic E-state index is -1.25. The van der Waals surface area contributed by atoms with Gasteiger partial charge in [0.1, 0.15) is 17.2 Å². The third-order valence-corrected chi connectivity index (χ3v) is 5.58. The van der Waals surface area contributed by atoms with E-state index in [2.05, 4.69) is 0 Å². The van der Waals surface area contributed by atoms with E-state index >= 15 is 0 Å². The Morgan fingerprint density at radius 1 is 0.861 bits per heavy atom. The Morgan fingerprint density at radius 3 is 1.94 bits per heavy atom. The summed E-state index contributed by atoms with van der Waals surface area (Å²) in [6.45, 7) is 10.5. The highest BCUT2D eigenvalue weighted by atomic mass is 16.6. The number of hydrogen-bond acceptors (Lipinski definition) is 6. The molecular weight excluding hydrogens is 460 g/mol. The number of primary amides is 1. The molecule has 2 amide bonds. The fourth-order valence-electron chi connectivity index (χ4n) is 4.09. The third kappa shape index (κ3) is 7.07. The van der Waals surface area contributed by atoms with Crippen LogP contribution in [-0.4, -0.2) is 52.8 Å². The Kier molecular flexibility index (Phi) is 8.09. The molecule has 194 valence electrons. The smallest absolute Gasteiger partial charge is 0.411 e. The number of hydrogen-bond donors (Lipinski definition) is 1. The number of amides is 2. The Labute approximate surface area is 212 Å². The molecule has 0 aromatic heterocycles. The van der Waals surface area contributed by atoms with Gasteiger partial charge in [-0.2, -0.15) is 0 Å². The Hall–Kier alpha value is -3.39. The van der Waals surface area contributed by atoms with Gasteiger partial charge >= 0.3 is 12.1 Å². The largest absolute Gasteiger partial charge is 0.458 e. The number of rotatable bonds is 6. The molecule has 0 aliphatic carbocycles. The molecule has 2 N–H and O–H groups in total. The van der Waals surface area contributed by atoms with Crippen LogP contribution in [-0.2, 0) is 30.4 Å². The number of carbonyl (C=O) groups is 3. The summed E-state index contributed by atoms with van der Waals surface area (Å²) in [7, 11) is 0. The number of nitrogens with two attached hydrogens (primary N) is 1. The van der Waals surface area contributed by atoms with Crippen molar-refractivity contribution in [2.24, 2.45) is 11.7 Å². The maximum absolute atomic E-state index is 13.1. The minimum absolute atomic E-state index is 0.0332. The monoisotopic (exact) mass is 496 g/mol. The van der Waals surface area contributed by atoms with E-state index in [9.17, 15) is 14.4 Å². The van der Waals surface area contributed by atoms with Crippen LogP contribution in [0.3, 0.4) is 0 Å². The first-order chi connectivity index (χ1) is 16.7. The fourth-order valence-corrected chi connectivity index (χ4v) is 4.09. The topological polar surface area (TPSA) is 108 Å². The highest BCUT2D eigenvalue weighted by Gasteiger charge is 2.53. The molecule has 1 heterocycles. The lowest BCUT2D eigenvalue weighted by Crippen LogP contribution is -2.50. The molecule has 8 nitrogen and oxygen atoms in total. The maximum atomic E-state index is 13.1. The molecule has 3 rings (SSSR count). The van der Waals surface area contributed by atoms with Crippen molar-refractivity contribution < 1.29 is 28.6 Å². The number of likely N-dealkylation sites (tertiary alicyclic amines) is 1. The van der Waals surface area contributed by atoms with Crippen LogP contribution in [0.4, 0.5) is 4.79 Å². The fraction of sp³-hybridized carbons (Fsp3) is 0.464. The van der Waals surface area contributed by atoms with Gasteiger partial charge in [0.15, 0.2) is 0 Å². The summed E-state index contributed by atoms with van der Waals surface area (Å²) >= 11 is 0. The first-order valence-corrected chi connectivity index (χ1v) is 12.0. The highest BCUT2D eigenvalue weighted by Crippen LogP contribution is 2.32. The highest BCUT2D eigenvalue weighted by molar-refractivity contribution is 5.91. The number of esters is 1. The van der Waals surface area contributed by atoms with Gasteiger partial charge in [-0.3, -0.25) is 9.69 Å². The van der Waals surface area contributed by atoms with Gasteiger partial charge in [-0.25, -0.2) is 9.59 Å². The summed E-state index contributed by atoms with van der Waals surface area (Å²) in [5, 5.41) is 0. The van der Waals surface area contributed by atoms with Crippen molar-refractivity contribution in [1.82, 2.24) is 4.90 Å². The average Bonchev–Trinajstić information content (AvgIpc) is 3.17. The standard InChI is InChI=1S/C28H36N2O6/c1-27(2,3)35-25(32)23-22(24(29)31)21(16-30(23)26(33)36-28(4,5)6)34-17-18-12-14-20(15-13-18)19-10-8-7-9-11-19/h7-15,21-23H,16-17H2,1-6H3,(H2,29,31)/t21-,22+,23+/m1/s1. The summed E-state index contributed by atoms with van der Waals surface area (Å²) in [5.41, 5.74) is 7.14. The molecule has 8 heteroatoms. The van der Waals surface area contributed by atoms with Gasteiger partial charge < -0.3 is 19.9 Å². The maximum Gasteiger partial charge on any atom is 0.411 e. The Bertz CT molecular complexity index is 1070. The molecule has 0 saturated carbocycles. The van der Waals surface area contributed by atoms with Gasteiger partial charge in [0.05, 0.1) is 25.2 Å². The molecule has 0 spiro atoms. The summed E-state index contributed by atoms with van der Waals surface area (Å²) < 4.78 is 17.1. The molecule has 1 aliphatic rings. The molecular formula is C28H36N2O6. The predicted octanol–water partition coefficient (Wildman–Crippen LogP) is 4.30. The number of carbonyl (C=O) groups excluding carboxylic acids is 3. The number of benzene rings is 2. The van der Waals surface area contributed by atoms with Gasteiger partial charge in [-0.05, 0) is 58.2 Å². The van der Waals surface area contributed by atoms with Crippen molar-refractivity contribution >= 4 is 18.0 Å². The van der Waals surface area contributed by atoms with E-state index < -0.39 is 47.2 Å². The van der Waals surface area contributed by atoms with Crippen molar-refractivity contribution in [3.8, 4) is 11.1 Å². The first kappa shape index (κ1) is 27.2. The molecule has 1 fully saturated rings. The second kappa shape index (κ2) is 10.7. The van der Waals surface area contributed by atoms with E-state index in [1.165, 1.54) is 4.90 Å². The summed E-state index contributed by atoms with van der Waals surface area (Å²) in [6, 6.07) is 16.6. The number of ether oxygens (including phenoxy) is 3. The summed E-state index contributed by atoms with van der Waals surface area (Å²) in [4.78, 5) is 39.8. The van der Waals surface area contributed by atoms with Crippen LogP contribution in [0.15, 0.2) is 54.6 Å². The molecule has 0 unspecified atom stereocenters. The van der Waals surface area contributed by atoms with Crippen LogP contribution in [0.25, 0.3) is 11.1 Å². The van der Waals surface area contributed by atoms with E-state index in [1.54, 1.807) is 41.5 Å². The normalized spacial score (nSPS) is 20.2. The summed E-state index contributed by atoms with van der Waals surface area (Å²) in [5.74, 6) is -2.56. The molecule has 2 aromatic rings. The predicted molar refractivity (Wildman–Crippen MR) is 136 cm³/mol. The van der Waals surface area contributed by atoms with Gasteiger partial charge in [0.25, 0.3) is 0 Å². The molecule has 0 radical (unpaired) electrons. The second-order valence-corrected chi connectivity index (χ2v) is 11.0. The van der Waals surface area contributed by atoms with Crippen LogP contribution in [0.5, 0.6) is 0 Å². The minimum Gasteiger partial charge on any atom is -0.458 e. The summed E-state index contributed by atoms with van der Waals surface area (Å²) in [6.07, 6.45) is -1.54. The van der Waals surface area contributed by atoms with Crippen molar-refractivity contribution in [3.63, 3.8) is 0 Å². The zero-order valence-electron chi connectivity index (χ0n) is 21.8.